The van der Waals surface area contributed by atoms with Crippen molar-refractivity contribution >= 4 is 38.9 Å². The van der Waals surface area contributed by atoms with Crippen LogP contribution in [0, 0.1) is 6.92 Å². The molecule has 3 rings (SSSR count). The highest BCUT2D eigenvalue weighted by molar-refractivity contribution is 7.90. The molecule has 1 fully saturated rings. The van der Waals surface area contributed by atoms with Gasteiger partial charge in [-0.2, -0.15) is 0 Å². The van der Waals surface area contributed by atoms with Crippen molar-refractivity contribution < 1.29 is 18.0 Å². The molecule has 1 aliphatic rings. The molecule has 2 amide bonds. The molecule has 2 aromatic carbocycles. The second-order valence-corrected chi connectivity index (χ2v) is 9.98. The van der Waals surface area contributed by atoms with Crippen LogP contribution in [0.4, 0.5) is 5.69 Å². The molecule has 0 unspecified atom stereocenters. The summed E-state index contributed by atoms with van der Waals surface area (Å²) in [5.74, 6) is -0.577. The Labute approximate surface area is 182 Å². The molecular formula is C22H25ClN2O4S. The third-order valence-corrected chi connectivity index (χ3v) is 6.75. The first-order chi connectivity index (χ1) is 14.2. The van der Waals surface area contributed by atoms with E-state index in [0.29, 0.717) is 18.8 Å². The average Bonchev–Trinajstić information content (AvgIpc) is 2.72. The van der Waals surface area contributed by atoms with Crippen LogP contribution >= 0.6 is 11.6 Å². The van der Waals surface area contributed by atoms with Crippen molar-refractivity contribution in [3.8, 4) is 0 Å². The Bertz CT molecular complexity index is 1050. The van der Waals surface area contributed by atoms with Crippen LogP contribution < -0.4 is 4.90 Å². The predicted molar refractivity (Wildman–Crippen MR) is 118 cm³/mol. The minimum Gasteiger partial charge on any atom is -0.341 e. The van der Waals surface area contributed by atoms with E-state index < -0.39 is 15.7 Å². The van der Waals surface area contributed by atoms with Gasteiger partial charge in [-0.15, -0.1) is 0 Å². The molecule has 1 saturated heterocycles. The van der Waals surface area contributed by atoms with Crippen molar-refractivity contribution in [2.24, 2.45) is 0 Å². The van der Waals surface area contributed by atoms with Crippen molar-refractivity contribution in [2.45, 2.75) is 31.1 Å². The quantitative estimate of drug-likeness (QED) is 0.698. The van der Waals surface area contributed by atoms with E-state index in [2.05, 4.69) is 0 Å². The zero-order chi connectivity index (χ0) is 21.9. The summed E-state index contributed by atoms with van der Waals surface area (Å²) >= 11 is 6.02. The number of benzene rings is 2. The van der Waals surface area contributed by atoms with Crippen LogP contribution in [0.1, 0.15) is 35.2 Å². The van der Waals surface area contributed by atoms with Crippen LogP contribution in [-0.4, -0.2) is 51.0 Å². The molecule has 0 saturated carbocycles. The summed E-state index contributed by atoms with van der Waals surface area (Å²) in [6.45, 7) is 3.20. The van der Waals surface area contributed by atoms with E-state index in [-0.39, 0.29) is 27.9 Å². The van der Waals surface area contributed by atoms with Crippen LogP contribution in [0.5, 0.6) is 0 Å². The van der Waals surface area contributed by atoms with Crippen molar-refractivity contribution in [1.29, 1.82) is 0 Å². The van der Waals surface area contributed by atoms with Gasteiger partial charge in [0.2, 0.25) is 5.91 Å². The molecular weight excluding hydrogens is 424 g/mol. The van der Waals surface area contributed by atoms with Gasteiger partial charge in [-0.25, -0.2) is 8.42 Å². The first kappa shape index (κ1) is 22.3. The third kappa shape index (κ3) is 5.21. The van der Waals surface area contributed by atoms with Crippen LogP contribution in [-0.2, 0) is 14.6 Å². The maximum Gasteiger partial charge on any atom is 0.258 e. The molecule has 1 heterocycles. The highest BCUT2D eigenvalue weighted by Gasteiger charge is 2.26. The SMILES string of the molecule is Cc1ccc(N(CC(=O)N2CCCCC2)C(=O)c2ccc(Cl)c(S(C)(=O)=O)c2)cc1. The van der Waals surface area contributed by atoms with Crippen molar-refractivity contribution in [3.63, 3.8) is 0 Å². The first-order valence-corrected chi connectivity index (χ1v) is 12.1. The van der Waals surface area contributed by atoms with E-state index >= 15 is 0 Å². The van der Waals surface area contributed by atoms with Gasteiger partial charge in [-0.3, -0.25) is 14.5 Å². The van der Waals surface area contributed by atoms with Gasteiger partial charge in [0.1, 0.15) is 6.54 Å². The fourth-order valence-corrected chi connectivity index (χ4v) is 4.76. The Morgan fingerprint density at radius 1 is 1.03 bits per heavy atom. The van der Waals surface area contributed by atoms with Crippen molar-refractivity contribution in [1.82, 2.24) is 4.90 Å². The van der Waals surface area contributed by atoms with E-state index in [0.717, 1.165) is 31.1 Å². The first-order valence-electron chi connectivity index (χ1n) is 9.83. The number of hydrogen-bond donors (Lipinski definition) is 0. The lowest BCUT2D eigenvalue weighted by molar-refractivity contribution is -0.130. The number of nitrogens with zero attached hydrogens (tertiary/aromatic N) is 2. The van der Waals surface area contributed by atoms with Crippen LogP contribution in [0.3, 0.4) is 0 Å². The summed E-state index contributed by atoms with van der Waals surface area (Å²) in [5, 5.41) is 0.0559. The van der Waals surface area contributed by atoms with E-state index in [1.807, 2.05) is 19.1 Å². The van der Waals surface area contributed by atoms with Gasteiger partial charge in [0.25, 0.3) is 5.91 Å². The van der Waals surface area contributed by atoms with Gasteiger partial charge in [0, 0.05) is 30.6 Å². The largest absolute Gasteiger partial charge is 0.341 e. The number of rotatable bonds is 5. The van der Waals surface area contributed by atoms with Crippen molar-refractivity contribution in [2.75, 3.05) is 30.8 Å². The number of anilines is 1. The summed E-state index contributed by atoms with van der Waals surface area (Å²) in [4.78, 5) is 29.3. The predicted octanol–water partition coefficient (Wildman–Crippen LogP) is 3.71. The number of likely N-dealkylation sites (tertiary alicyclic amines) is 1. The molecule has 0 N–H and O–H groups in total. The molecule has 0 radical (unpaired) electrons. The maximum absolute atomic E-state index is 13.4. The maximum atomic E-state index is 13.4. The zero-order valence-corrected chi connectivity index (χ0v) is 18.7. The number of piperidine rings is 1. The molecule has 2 aromatic rings. The van der Waals surface area contributed by atoms with Crippen LogP contribution in [0.25, 0.3) is 0 Å². The van der Waals surface area contributed by atoms with Crippen LogP contribution in [0.2, 0.25) is 5.02 Å². The van der Waals surface area contributed by atoms with E-state index in [1.54, 1.807) is 17.0 Å². The summed E-state index contributed by atoms with van der Waals surface area (Å²) in [5.41, 5.74) is 1.76. The lowest BCUT2D eigenvalue weighted by Crippen LogP contribution is -2.45. The standard InChI is InChI=1S/C22H25ClN2O4S/c1-16-6-9-18(10-7-16)25(15-21(26)24-12-4-3-5-13-24)22(27)17-8-11-19(23)20(14-17)30(2,28)29/h6-11,14H,3-5,12-13,15H2,1-2H3. The van der Waals surface area contributed by atoms with E-state index in [9.17, 15) is 18.0 Å². The fourth-order valence-electron chi connectivity index (χ4n) is 3.46. The highest BCUT2D eigenvalue weighted by Crippen LogP contribution is 2.25. The Morgan fingerprint density at radius 3 is 2.27 bits per heavy atom. The number of amides is 2. The lowest BCUT2D eigenvalue weighted by atomic mass is 10.1. The Hall–Kier alpha value is -2.38. The summed E-state index contributed by atoms with van der Waals surface area (Å²) in [7, 11) is -3.60. The monoisotopic (exact) mass is 448 g/mol. The number of sulfone groups is 1. The second-order valence-electron chi connectivity index (χ2n) is 7.59. The normalized spacial score (nSPS) is 14.4. The number of aryl methyl sites for hydroxylation is 1. The molecule has 0 spiro atoms. The molecule has 0 aromatic heterocycles. The molecule has 0 bridgehead atoms. The van der Waals surface area contributed by atoms with Gasteiger partial charge in [-0.1, -0.05) is 29.3 Å². The van der Waals surface area contributed by atoms with Gasteiger partial charge in [0.05, 0.1) is 9.92 Å². The van der Waals surface area contributed by atoms with Gasteiger partial charge in [-0.05, 0) is 56.5 Å². The molecule has 30 heavy (non-hydrogen) atoms. The molecule has 1 aliphatic heterocycles. The molecule has 8 heteroatoms. The molecule has 6 nitrogen and oxygen atoms in total. The Balaban J connectivity index is 1.96. The van der Waals surface area contributed by atoms with Crippen molar-refractivity contribution in [3.05, 3.63) is 58.6 Å². The topological polar surface area (TPSA) is 74.8 Å². The smallest absolute Gasteiger partial charge is 0.258 e. The van der Waals surface area contributed by atoms with E-state index in [4.69, 9.17) is 11.6 Å². The lowest BCUT2D eigenvalue weighted by Gasteiger charge is -2.30. The Kier molecular flexibility index (Phi) is 6.83. The van der Waals surface area contributed by atoms with Crippen LogP contribution in [0.15, 0.2) is 47.4 Å². The highest BCUT2D eigenvalue weighted by atomic mass is 35.5. The summed E-state index contributed by atoms with van der Waals surface area (Å²) in [6.07, 6.45) is 4.06. The minimum absolute atomic E-state index is 0.0559. The molecule has 0 aliphatic carbocycles. The second kappa shape index (κ2) is 9.18. The Morgan fingerprint density at radius 2 is 1.67 bits per heavy atom. The minimum atomic E-state index is -3.60. The molecule has 160 valence electrons. The summed E-state index contributed by atoms with van der Waals surface area (Å²) in [6, 6.07) is 11.4. The number of carbonyl (C=O) groups is 2. The number of halogens is 1. The number of hydrogen-bond acceptors (Lipinski definition) is 4. The van der Waals surface area contributed by atoms with Gasteiger partial charge >= 0.3 is 0 Å². The van der Waals surface area contributed by atoms with E-state index in [1.165, 1.54) is 23.1 Å². The zero-order valence-electron chi connectivity index (χ0n) is 17.1. The summed E-state index contributed by atoms with van der Waals surface area (Å²) < 4.78 is 24.0. The average molecular weight is 449 g/mol. The number of carbonyl (C=O) groups excluding carboxylic acids is 2. The van der Waals surface area contributed by atoms with Gasteiger partial charge in [0.15, 0.2) is 9.84 Å². The fraction of sp³-hybridized carbons (Fsp3) is 0.364. The van der Waals surface area contributed by atoms with Gasteiger partial charge < -0.3 is 4.90 Å². The third-order valence-electron chi connectivity index (χ3n) is 5.17. The molecule has 0 atom stereocenters.